The highest BCUT2D eigenvalue weighted by Gasteiger charge is 2.32. The molecule has 0 N–H and O–H groups in total. The van der Waals surface area contributed by atoms with Gasteiger partial charge in [-0.25, -0.2) is 0 Å². The summed E-state index contributed by atoms with van der Waals surface area (Å²) in [5, 5.41) is 8.53. The topological polar surface area (TPSA) is 86.3 Å². The van der Waals surface area contributed by atoms with E-state index >= 15 is 0 Å². The Morgan fingerprint density at radius 1 is 1.35 bits per heavy atom. The molecule has 134 valence electrons. The molecule has 1 amide bonds. The average molecular weight is 353 g/mol. The van der Waals surface area contributed by atoms with Gasteiger partial charge in [0.15, 0.2) is 11.6 Å². The monoisotopic (exact) mass is 353 g/mol. The van der Waals surface area contributed by atoms with Gasteiger partial charge in [-0.3, -0.25) is 9.78 Å². The quantitative estimate of drug-likeness (QED) is 0.716. The summed E-state index contributed by atoms with van der Waals surface area (Å²) >= 11 is 0. The molecule has 0 unspecified atom stereocenters. The van der Waals surface area contributed by atoms with Crippen molar-refractivity contribution >= 4 is 5.91 Å². The Morgan fingerprint density at radius 3 is 2.96 bits per heavy atom. The standard InChI is InChI=1S/C18H19N5O3/c1-12-17-21-20-16(11-26-14-4-3-6-19-10-14)23(17)8-7-22(12)18(24)15-5-9-25-13(15)2/h3-6,9-10,12H,7-8,11H2,1-2H3/t12-/m1/s1. The van der Waals surface area contributed by atoms with Crippen LogP contribution in [0.15, 0.2) is 41.3 Å². The summed E-state index contributed by atoms with van der Waals surface area (Å²) < 4.78 is 13.0. The first-order chi connectivity index (χ1) is 12.6. The predicted octanol–water partition coefficient (Wildman–Crippen LogP) is 2.37. The summed E-state index contributed by atoms with van der Waals surface area (Å²) in [5.41, 5.74) is 0.588. The minimum absolute atomic E-state index is 0.0499. The molecule has 4 heterocycles. The lowest BCUT2D eigenvalue weighted by Gasteiger charge is -2.33. The molecule has 3 aromatic rings. The largest absolute Gasteiger partial charge is 0.484 e. The van der Waals surface area contributed by atoms with Gasteiger partial charge in [-0.15, -0.1) is 10.2 Å². The Balaban J connectivity index is 1.51. The maximum atomic E-state index is 12.8. The second-order valence-corrected chi connectivity index (χ2v) is 6.17. The molecule has 0 bridgehead atoms. The molecule has 0 saturated heterocycles. The van der Waals surface area contributed by atoms with Crippen molar-refractivity contribution in [2.45, 2.75) is 33.0 Å². The van der Waals surface area contributed by atoms with Crippen LogP contribution in [-0.2, 0) is 13.2 Å². The van der Waals surface area contributed by atoms with E-state index in [1.807, 2.05) is 23.6 Å². The minimum Gasteiger partial charge on any atom is -0.484 e. The molecule has 0 radical (unpaired) electrons. The number of furan rings is 1. The van der Waals surface area contributed by atoms with E-state index in [-0.39, 0.29) is 11.9 Å². The molecule has 8 heteroatoms. The maximum Gasteiger partial charge on any atom is 0.258 e. The van der Waals surface area contributed by atoms with Crippen LogP contribution in [0.25, 0.3) is 0 Å². The zero-order valence-electron chi connectivity index (χ0n) is 14.6. The summed E-state index contributed by atoms with van der Waals surface area (Å²) in [6.07, 6.45) is 4.89. The lowest BCUT2D eigenvalue weighted by molar-refractivity contribution is 0.0633. The van der Waals surface area contributed by atoms with Crippen molar-refractivity contribution in [3.05, 3.63) is 59.8 Å². The SMILES string of the molecule is Cc1occc1C(=O)N1CCn2c(COc3cccnc3)nnc2[C@H]1C. The molecule has 0 aromatic carbocycles. The van der Waals surface area contributed by atoms with E-state index in [1.165, 1.54) is 6.26 Å². The van der Waals surface area contributed by atoms with Gasteiger partial charge in [0.2, 0.25) is 0 Å². The number of carbonyl (C=O) groups is 1. The maximum absolute atomic E-state index is 12.8. The van der Waals surface area contributed by atoms with Gasteiger partial charge >= 0.3 is 0 Å². The normalized spacial score (nSPS) is 16.4. The van der Waals surface area contributed by atoms with Crippen LogP contribution >= 0.6 is 0 Å². The van der Waals surface area contributed by atoms with Gasteiger partial charge in [0.25, 0.3) is 5.91 Å². The first-order valence-corrected chi connectivity index (χ1v) is 8.45. The fourth-order valence-electron chi connectivity index (χ4n) is 3.17. The van der Waals surface area contributed by atoms with Crippen molar-refractivity contribution in [1.82, 2.24) is 24.6 Å². The summed E-state index contributed by atoms with van der Waals surface area (Å²) in [7, 11) is 0. The van der Waals surface area contributed by atoms with E-state index < -0.39 is 0 Å². The number of hydrogen-bond acceptors (Lipinski definition) is 6. The van der Waals surface area contributed by atoms with E-state index in [9.17, 15) is 4.79 Å². The van der Waals surface area contributed by atoms with E-state index in [2.05, 4.69) is 15.2 Å². The van der Waals surface area contributed by atoms with Crippen LogP contribution in [0.1, 0.15) is 40.7 Å². The highest BCUT2D eigenvalue weighted by atomic mass is 16.5. The number of nitrogens with zero attached hydrogens (tertiary/aromatic N) is 5. The first kappa shape index (κ1) is 16.3. The number of ether oxygens (including phenoxy) is 1. The van der Waals surface area contributed by atoms with Crippen molar-refractivity contribution in [3.63, 3.8) is 0 Å². The smallest absolute Gasteiger partial charge is 0.258 e. The molecular weight excluding hydrogens is 334 g/mol. The molecule has 0 saturated carbocycles. The molecule has 1 atom stereocenters. The lowest BCUT2D eigenvalue weighted by atomic mass is 10.1. The Kier molecular flexibility index (Phi) is 4.16. The highest BCUT2D eigenvalue weighted by molar-refractivity contribution is 5.95. The van der Waals surface area contributed by atoms with E-state index in [4.69, 9.17) is 9.15 Å². The Labute approximate surface area is 150 Å². The van der Waals surface area contributed by atoms with Crippen molar-refractivity contribution in [2.75, 3.05) is 6.54 Å². The molecule has 1 aliphatic heterocycles. The van der Waals surface area contributed by atoms with Gasteiger partial charge < -0.3 is 18.6 Å². The predicted molar refractivity (Wildman–Crippen MR) is 91.5 cm³/mol. The average Bonchev–Trinajstić information content (AvgIpc) is 3.27. The second-order valence-electron chi connectivity index (χ2n) is 6.17. The van der Waals surface area contributed by atoms with Crippen molar-refractivity contribution < 1.29 is 13.9 Å². The first-order valence-electron chi connectivity index (χ1n) is 8.45. The minimum atomic E-state index is -0.176. The Morgan fingerprint density at radius 2 is 2.23 bits per heavy atom. The van der Waals surface area contributed by atoms with Gasteiger partial charge in [-0.1, -0.05) is 0 Å². The summed E-state index contributed by atoms with van der Waals surface area (Å²) in [6.45, 7) is 5.26. The van der Waals surface area contributed by atoms with Crippen LogP contribution in [0, 0.1) is 6.92 Å². The van der Waals surface area contributed by atoms with Crippen LogP contribution in [-0.4, -0.2) is 37.1 Å². The van der Waals surface area contributed by atoms with E-state index in [0.29, 0.717) is 36.8 Å². The van der Waals surface area contributed by atoms with Gasteiger partial charge in [0.05, 0.1) is 24.1 Å². The summed E-state index contributed by atoms with van der Waals surface area (Å²) in [5.74, 6) is 2.75. The zero-order valence-corrected chi connectivity index (χ0v) is 14.6. The fourth-order valence-corrected chi connectivity index (χ4v) is 3.17. The van der Waals surface area contributed by atoms with Crippen molar-refractivity contribution in [1.29, 1.82) is 0 Å². The number of aromatic nitrogens is 4. The molecule has 8 nitrogen and oxygen atoms in total. The molecule has 0 aliphatic carbocycles. The molecule has 1 aliphatic rings. The van der Waals surface area contributed by atoms with Crippen LogP contribution in [0.4, 0.5) is 0 Å². The second kappa shape index (κ2) is 6.62. The number of rotatable bonds is 4. The molecule has 26 heavy (non-hydrogen) atoms. The molecular formula is C18H19N5O3. The number of amides is 1. The fraction of sp³-hybridized carbons (Fsp3) is 0.333. The van der Waals surface area contributed by atoms with Crippen LogP contribution < -0.4 is 4.74 Å². The number of hydrogen-bond donors (Lipinski definition) is 0. The van der Waals surface area contributed by atoms with E-state index in [0.717, 1.165) is 11.6 Å². The van der Waals surface area contributed by atoms with Crippen LogP contribution in [0.2, 0.25) is 0 Å². The highest BCUT2D eigenvalue weighted by Crippen LogP contribution is 2.27. The van der Waals surface area contributed by atoms with Gasteiger partial charge in [0.1, 0.15) is 18.1 Å². The van der Waals surface area contributed by atoms with Crippen LogP contribution in [0.3, 0.4) is 0 Å². The third kappa shape index (κ3) is 2.83. The number of pyridine rings is 1. The van der Waals surface area contributed by atoms with Gasteiger partial charge in [-0.05, 0) is 32.0 Å². The lowest BCUT2D eigenvalue weighted by Crippen LogP contribution is -2.41. The summed E-state index contributed by atoms with van der Waals surface area (Å²) in [4.78, 5) is 18.6. The van der Waals surface area contributed by atoms with Crippen LogP contribution in [0.5, 0.6) is 5.75 Å². The van der Waals surface area contributed by atoms with Gasteiger partial charge in [0, 0.05) is 19.3 Å². The van der Waals surface area contributed by atoms with E-state index in [1.54, 1.807) is 30.3 Å². The Hall–Kier alpha value is -3.16. The third-order valence-corrected chi connectivity index (χ3v) is 4.61. The number of carbonyl (C=O) groups excluding carboxylic acids is 1. The van der Waals surface area contributed by atoms with Gasteiger partial charge in [-0.2, -0.15) is 0 Å². The zero-order chi connectivity index (χ0) is 18.1. The van der Waals surface area contributed by atoms with Crippen molar-refractivity contribution in [2.24, 2.45) is 0 Å². The van der Waals surface area contributed by atoms with Crippen molar-refractivity contribution in [3.8, 4) is 5.75 Å². The third-order valence-electron chi connectivity index (χ3n) is 4.61. The number of fused-ring (bicyclic) bond motifs is 1. The molecule has 0 fully saturated rings. The Bertz CT molecular complexity index is 918. The number of aryl methyl sites for hydroxylation is 1. The molecule has 3 aromatic heterocycles. The molecule has 4 rings (SSSR count). The molecule has 0 spiro atoms. The summed E-state index contributed by atoms with van der Waals surface area (Å²) in [6, 6.07) is 5.19.